The van der Waals surface area contributed by atoms with Gasteiger partial charge in [-0.2, -0.15) is 5.10 Å². The number of nitrogens with one attached hydrogen (secondary N) is 2. The number of hydrogen-bond acceptors (Lipinski definition) is 5. The van der Waals surface area contributed by atoms with Gasteiger partial charge in [0.05, 0.1) is 22.8 Å². The Kier molecular flexibility index (Phi) is 4.67. The molecule has 1 fully saturated rings. The van der Waals surface area contributed by atoms with Crippen LogP contribution in [0, 0.1) is 12.8 Å². The van der Waals surface area contributed by atoms with E-state index in [-0.39, 0.29) is 11.9 Å². The molecule has 2 aromatic heterocycles. The fourth-order valence-electron chi connectivity index (χ4n) is 3.10. The zero-order valence-electron chi connectivity index (χ0n) is 14.9. The van der Waals surface area contributed by atoms with Gasteiger partial charge in [-0.05, 0) is 50.3 Å². The van der Waals surface area contributed by atoms with E-state index in [1.807, 2.05) is 30.7 Å². The molecular weight excluding hydrogens is 348 g/mol. The molecule has 1 aliphatic rings. The quantitative estimate of drug-likeness (QED) is 0.624. The average Bonchev–Trinajstić information content (AvgIpc) is 3.22. The normalized spacial score (nSPS) is 15.3. The largest absolute Gasteiger partial charge is 0.345 e. The number of amides is 1. The van der Waals surface area contributed by atoms with Gasteiger partial charge < -0.3 is 10.3 Å². The van der Waals surface area contributed by atoms with E-state index in [0.29, 0.717) is 11.7 Å². The Hall–Kier alpha value is -2.35. The van der Waals surface area contributed by atoms with E-state index < -0.39 is 0 Å². The van der Waals surface area contributed by atoms with Crippen LogP contribution in [-0.4, -0.2) is 36.4 Å². The predicted octanol–water partition coefficient (Wildman–Crippen LogP) is 2.84. The second-order valence-corrected chi connectivity index (χ2v) is 7.63. The lowest BCUT2D eigenvalue weighted by Gasteiger charge is -2.17. The van der Waals surface area contributed by atoms with Crippen molar-refractivity contribution in [1.82, 2.24) is 30.0 Å². The SMILES string of the molecule is CCn1ncnc1[C@@H](NC(=O)CSc1nc2ccc(C)cc2[nH]1)C1CC1. The molecule has 2 heterocycles. The number of hydrogen-bond donors (Lipinski definition) is 2. The van der Waals surface area contributed by atoms with Crippen molar-refractivity contribution >= 4 is 28.7 Å². The van der Waals surface area contributed by atoms with Gasteiger partial charge in [0.25, 0.3) is 0 Å². The van der Waals surface area contributed by atoms with Crippen LogP contribution in [0.2, 0.25) is 0 Å². The van der Waals surface area contributed by atoms with Crippen molar-refractivity contribution in [1.29, 1.82) is 0 Å². The molecule has 0 unspecified atom stereocenters. The lowest BCUT2D eigenvalue weighted by Crippen LogP contribution is -2.33. The Bertz CT molecular complexity index is 929. The maximum absolute atomic E-state index is 12.5. The second-order valence-electron chi connectivity index (χ2n) is 6.67. The molecule has 0 radical (unpaired) electrons. The molecular formula is C18H22N6OS. The van der Waals surface area contributed by atoms with Crippen molar-refractivity contribution < 1.29 is 4.79 Å². The maximum atomic E-state index is 12.5. The van der Waals surface area contributed by atoms with Gasteiger partial charge in [-0.25, -0.2) is 14.6 Å². The van der Waals surface area contributed by atoms with Gasteiger partial charge >= 0.3 is 0 Å². The highest BCUT2D eigenvalue weighted by Gasteiger charge is 2.36. The van der Waals surface area contributed by atoms with Crippen molar-refractivity contribution in [3.63, 3.8) is 0 Å². The van der Waals surface area contributed by atoms with Crippen LogP contribution >= 0.6 is 11.8 Å². The Morgan fingerprint density at radius 3 is 3.08 bits per heavy atom. The van der Waals surface area contributed by atoms with Crippen LogP contribution in [0.4, 0.5) is 0 Å². The van der Waals surface area contributed by atoms with E-state index >= 15 is 0 Å². The predicted molar refractivity (Wildman–Crippen MR) is 101 cm³/mol. The van der Waals surface area contributed by atoms with Gasteiger partial charge in [-0.1, -0.05) is 17.8 Å². The number of carbonyl (C=O) groups is 1. The highest BCUT2D eigenvalue weighted by atomic mass is 32.2. The zero-order valence-corrected chi connectivity index (χ0v) is 15.7. The number of H-pyrrole nitrogens is 1. The molecule has 0 spiro atoms. The number of aromatic nitrogens is 5. The Balaban J connectivity index is 1.40. The van der Waals surface area contributed by atoms with Crippen molar-refractivity contribution in [3.05, 3.63) is 35.9 Å². The first-order valence-corrected chi connectivity index (χ1v) is 9.89. The zero-order chi connectivity index (χ0) is 18.1. The minimum absolute atomic E-state index is 0.00538. The Labute approximate surface area is 156 Å². The first kappa shape index (κ1) is 17.1. The van der Waals surface area contributed by atoms with Gasteiger partial charge in [0, 0.05) is 6.54 Å². The number of thioether (sulfide) groups is 1. The topological polar surface area (TPSA) is 88.5 Å². The van der Waals surface area contributed by atoms with Crippen LogP contribution in [0.5, 0.6) is 0 Å². The summed E-state index contributed by atoms with van der Waals surface area (Å²) in [6.07, 6.45) is 3.81. The standard InChI is InChI=1S/C18H22N6OS/c1-3-24-17(19-10-20-24)16(12-5-6-12)23-15(25)9-26-18-21-13-7-4-11(2)8-14(13)22-18/h4,7-8,10,12,16H,3,5-6,9H2,1-2H3,(H,21,22)(H,23,25)/t16-/m0/s1. The summed E-state index contributed by atoms with van der Waals surface area (Å²) >= 11 is 1.42. The molecule has 2 N–H and O–H groups in total. The molecule has 0 saturated heterocycles. The molecule has 4 rings (SSSR count). The number of aryl methyl sites for hydroxylation is 2. The lowest BCUT2D eigenvalue weighted by atomic mass is 10.1. The molecule has 26 heavy (non-hydrogen) atoms. The molecule has 0 aliphatic heterocycles. The number of rotatable bonds is 7. The number of aromatic amines is 1. The van der Waals surface area contributed by atoms with Crippen molar-refractivity contribution in [2.24, 2.45) is 5.92 Å². The molecule has 1 saturated carbocycles. The summed E-state index contributed by atoms with van der Waals surface area (Å²) in [5, 5.41) is 8.14. The van der Waals surface area contributed by atoms with Gasteiger partial charge in [-0.3, -0.25) is 4.79 Å². The third-order valence-corrected chi connectivity index (χ3v) is 5.46. The van der Waals surface area contributed by atoms with Crippen LogP contribution in [0.25, 0.3) is 11.0 Å². The van der Waals surface area contributed by atoms with Crippen molar-refractivity contribution in [2.45, 2.75) is 44.4 Å². The summed E-state index contributed by atoms with van der Waals surface area (Å²) in [5.74, 6) is 1.64. The van der Waals surface area contributed by atoms with Crippen LogP contribution in [0.3, 0.4) is 0 Å². The van der Waals surface area contributed by atoms with E-state index in [2.05, 4.69) is 31.4 Å². The van der Waals surface area contributed by atoms with Crippen molar-refractivity contribution in [2.75, 3.05) is 5.75 Å². The summed E-state index contributed by atoms with van der Waals surface area (Å²) in [4.78, 5) is 24.7. The summed E-state index contributed by atoms with van der Waals surface area (Å²) in [6.45, 7) is 4.83. The van der Waals surface area contributed by atoms with Gasteiger partial charge in [0.1, 0.15) is 12.2 Å². The van der Waals surface area contributed by atoms with E-state index in [1.165, 1.54) is 17.3 Å². The number of nitrogens with zero attached hydrogens (tertiary/aromatic N) is 4. The molecule has 1 aromatic carbocycles. The number of fused-ring (bicyclic) bond motifs is 1. The molecule has 0 bridgehead atoms. The minimum atomic E-state index is -0.0520. The first-order chi connectivity index (χ1) is 12.6. The number of benzene rings is 1. The third-order valence-electron chi connectivity index (χ3n) is 4.59. The fraction of sp³-hybridized carbons (Fsp3) is 0.444. The van der Waals surface area contributed by atoms with Gasteiger partial charge in [0.15, 0.2) is 5.16 Å². The smallest absolute Gasteiger partial charge is 0.231 e. The van der Waals surface area contributed by atoms with Gasteiger partial charge in [0.2, 0.25) is 5.91 Å². The fourth-order valence-corrected chi connectivity index (χ4v) is 3.79. The third kappa shape index (κ3) is 3.60. The monoisotopic (exact) mass is 370 g/mol. The molecule has 7 nitrogen and oxygen atoms in total. The van der Waals surface area contributed by atoms with E-state index in [9.17, 15) is 4.79 Å². The molecule has 1 atom stereocenters. The summed E-state index contributed by atoms with van der Waals surface area (Å²) in [5.41, 5.74) is 3.10. The van der Waals surface area contributed by atoms with E-state index in [1.54, 1.807) is 6.33 Å². The van der Waals surface area contributed by atoms with Crippen LogP contribution in [-0.2, 0) is 11.3 Å². The molecule has 8 heteroatoms. The van der Waals surface area contributed by atoms with Crippen LogP contribution in [0.15, 0.2) is 29.7 Å². The van der Waals surface area contributed by atoms with Gasteiger partial charge in [-0.15, -0.1) is 0 Å². The van der Waals surface area contributed by atoms with Crippen LogP contribution in [0.1, 0.15) is 37.2 Å². The Morgan fingerprint density at radius 1 is 1.46 bits per heavy atom. The Morgan fingerprint density at radius 2 is 2.31 bits per heavy atom. The minimum Gasteiger partial charge on any atom is -0.345 e. The van der Waals surface area contributed by atoms with Crippen LogP contribution < -0.4 is 5.32 Å². The summed E-state index contributed by atoms with van der Waals surface area (Å²) in [7, 11) is 0. The summed E-state index contributed by atoms with van der Waals surface area (Å²) < 4.78 is 1.86. The highest BCUT2D eigenvalue weighted by molar-refractivity contribution is 7.99. The highest BCUT2D eigenvalue weighted by Crippen LogP contribution is 2.40. The number of carbonyl (C=O) groups excluding carboxylic acids is 1. The average molecular weight is 370 g/mol. The van der Waals surface area contributed by atoms with Crippen molar-refractivity contribution in [3.8, 4) is 0 Å². The lowest BCUT2D eigenvalue weighted by molar-refractivity contribution is -0.119. The molecule has 1 aliphatic carbocycles. The maximum Gasteiger partial charge on any atom is 0.231 e. The number of imidazole rings is 1. The molecule has 136 valence electrons. The second kappa shape index (κ2) is 7.11. The molecule has 1 amide bonds. The van der Waals surface area contributed by atoms with E-state index in [4.69, 9.17) is 0 Å². The molecule has 3 aromatic rings. The summed E-state index contributed by atoms with van der Waals surface area (Å²) in [6, 6.07) is 6.04. The van der Waals surface area contributed by atoms with E-state index in [0.717, 1.165) is 41.4 Å². The first-order valence-electron chi connectivity index (χ1n) is 8.90.